The molecule has 0 saturated carbocycles. The van der Waals surface area contributed by atoms with Gasteiger partial charge in [0.2, 0.25) is 0 Å². The fourth-order valence-electron chi connectivity index (χ4n) is 2.08. The lowest BCUT2D eigenvalue weighted by molar-refractivity contribution is 0.516. The van der Waals surface area contributed by atoms with Gasteiger partial charge < -0.3 is 10.6 Å². The second-order valence-corrected chi connectivity index (χ2v) is 5.57. The number of hydrogen-bond acceptors (Lipinski definition) is 2. The van der Waals surface area contributed by atoms with Gasteiger partial charge >= 0.3 is 0 Å². The molecule has 0 aliphatic carbocycles. The SMILES string of the molecule is CC(C)NCC1CCc2cccc(Br)c2N1. The van der Waals surface area contributed by atoms with E-state index in [1.165, 1.54) is 28.6 Å². The van der Waals surface area contributed by atoms with Crippen LogP contribution in [0.5, 0.6) is 0 Å². The molecular formula is C13H19BrN2. The van der Waals surface area contributed by atoms with Crippen molar-refractivity contribution < 1.29 is 0 Å². The van der Waals surface area contributed by atoms with E-state index in [9.17, 15) is 0 Å². The molecule has 0 bridgehead atoms. The summed E-state index contributed by atoms with van der Waals surface area (Å²) in [5.41, 5.74) is 2.71. The average Bonchev–Trinajstić information content (AvgIpc) is 2.27. The molecule has 1 heterocycles. The highest BCUT2D eigenvalue weighted by atomic mass is 79.9. The van der Waals surface area contributed by atoms with E-state index < -0.39 is 0 Å². The van der Waals surface area contributed by atoms with Gasteiger partial charge in [0.05, 0.1) is 5.69 Å². The number of anilines is 1. The maximum Gasteiger partial charge on any atom is 0.0519 e. The highest BCUT2D eigenvalue weighted by molar-refractivity contribution is 9.10. The average molecular weight is 283 g/mol. The van der Waals surface area contributed by atoms with Gasteiger partial charge in [0.1, 0.15) is 0 Å². The number of aryl methyl sites for hydroxylation is 1. The third-order valence-corrected chi connectivity index (χ3v) is 3.64. The molecule has 1 aliphatic rings. The number of fused-ring (bicyclic) bond motifs is 1. The minimum Gasteiger partial charge on any atom is -0.380 e. The van der Waals surface area contributed by atoms with Gasteiger partial charge in [0.15, 0.2) is 0 Å². The van der Waals surface area contributed by atoms with Crippen LogP contribution in [0.3, 0.4) is 0 Å². The number of para-hydroxylation sites is 1. The van der Waals surface area contributed by atoms with E-state index in [1.54, 1.807) is 0 Å². The Balaban J connectivity index is 2.03. The molecule has 2 N–H and O–H groups in total. The van der Waals surface area contributed by atoms with Crippen LogP contribution in [0, 0.1) is 0 Å². The molecule has 1 aromatic rings. The van der Waals surface area contributed by atoms with Crippen molar-refractivity contribution in [3.8, 4) is 0 Å². The van der Waals surface area contributed by atoms with Crippen molar-refractivity contribution in [3.63, 3.8) is 0 Å². The maximum absolute atomic E-state index is 3.61. The van der Waals surface area contributed by atoms with Gasteiger partial charge in [-0.3, -0.25) is 0 Å². The molecule has 88 valence electrons. The molecule has 1 atom stereocenters. The molecule has 2 rings (SSSR count). The Morgan fingerprint density at radius 3 is 3.06 bits per heavy atom. The van der Waals surface area contributed by atoms with Crippen molar-refractivity contribution in [1.82, 2.24) is 5.32 Å². The summed E-state index contributed by atoms with van der Waals surface area (Å²) in [6, 6.07) is 7.52. The molecular weight excluding hydrogens is 264 g/mol. The van der Waals surface area contributed by atoms with Gasteiger partial charge in [-0.25, -0.2) is 0 Å². The summed E-state index contributed by atoms with van der Waals surface area (Å²) in [7, 11) is 0. The molecule has 0 fully saturated rings. The minimum atomic E-state index is 0.550. The normalized spacial score (nSPS) is 19.4. The van der Waals surface area contributed by atoms with E-state index in [4.69, 9.17) is 0 Å². The first kappa shape index (κ1) is 11.9. The molecule has 0 saturated heterocycles. The van der Waals surface area contributed by atoms with Crippen molar-refractivity contribution in [3.05, 3.63) is 28.2 Å². The lowest BCUT2D eigenvalue weighted by Gasteiger charge is -2.28. The summed E-state index contributed by atoms with van der Waals surface area (Å²) in [6.07, 6.45) is 2.38. The third kappa shape index (κ3) is 2.77. The van der Waals surface area contributed by atoms with E-state index in [1.807, 2.05) is 0 Å². The lowest BCUT2D eigenvalue weighted by Crippen LogP contribution is -2.38. The molecule has 3 heteroatoms. The topological polar surface area (TPSA) is 24.1 Å². The largest absolute Gasteiger partial charge is 0.380 e. The summed E-state index contributed by atoms with van der Waals surface area (Å²) < 4.78 is 1.18. The Bertz CT molecular complexity index is 363. The number of benzene rings is 1. The van der Waals surface area contributed by atoms with Crippen LogP contribution in [0.25, 0.3) is 0 Å². The first-order valence-electron chi connectivity index (χ1n) is 5.94. The highest BCUT2D eigenvalue weighted by Crippen LogP contribution is 2.31. The van der Waals surface area contributed by atoms with Gasteiger partial charge in [-0.2, -0.15) is 0 Å². The van der Waals surface area contributed by atoms with Crippen LogP contribution in [-0.2, 0) is 6.42 Å². The first-order chi connectivity index (χ1) is 7.66. The second kappa shape index (κ2) is 5.19. The third-order valence-electron chi connectivity index (χ3n) is 2.98. The van der Waals surface area contributed by atoms with Crippen LogP contribution in [0.1, 0.15) is 25.8 Å². The van der Waals surface area contributed by atoms with Crippen molar-refractivity contribution in [1.29, 1.82) is 0 Å². The molecule has 0 amide bonds. The van der Waals surface area contributed by atoms with Crippen LogP contribution < -0.4 is 10.6 Å². The fourth-order valence-corrected chi connectivity index (χ4v) is 2.60. The first-order valence-corrected chi connectivity index (χ1v) is 6.73. The standard InChI is InChI=1S/C13H19BrN2/c1-9(2)15-8-11-7-6-10-4-3-5-12(14)13(10)16-11/h3-5,9,11,15-16H,6-8H2,1-2H3. The highest BCUT2D eigenvalue weighted by Gasteiger charge is 2.18. The molecule has 1 unspecified atom stereocenters. The van der Waals surface area contributed by atoms with E-state index >= 15 is 0 Å². The number of hydrogen-bond donors (Lipinski definition) is 2. The van der Waals surface area contributed by atoms with Crippen LogP contribution in [0.4, 0.5) is 5.69 Å². The molecule has 1 aliphatic heterocycles. The molecule has 2 nitrogen and oxygen atoms in total. The second-order valence-electron chi connectivity index (χ2n) is 4.72. The monoisotopic (exact) mass is 282 g/mol. The fraction of sp³-hybridized carbons (Fsp3) is 0.538. The maximum atomic E-state index is 3.61. The zero-order valence-electron chi connectivity index (χ0n) is 9.89. The predicted octanol–water partition coefficient (Wildman–Crippen LogP) is 3.17. The van der Waals surface area contributed by atoms with Gasteiger partial charge in [0, 0.05) is 23.1 Å². The minimum absolute atomic E-state index is 0.550. The van der Waals surface area contributed by atoms with Crippen molar-refractivity contribution in [2.24, 2.45) is 0 Å². The Hall–Kier alpha value is -0.540. The summed E-state index contributed by atoms with van der Waals surface area (Å²) in [5.74, 6) is 0. The molecule has 0 aromatic heterocycles. The van der Waals surface area contributed by atoms with Gasteiger partial charge in [-0.1, -0.05) is 26.0 Å². The zero-order valence-corrected chi connectivity index (χ0v) is 11.5. The van der Waals surface area contributed by atoms with Crippen LogP contribution in [0.15, 0.2) is 22.7 Å². The van der Waals surface area contributed by atoms with E-state index in [-0.39, 0.29) is 0 Å². The van der Waals surface area contributed by atoms with Crippen LogP contribution in [-0.4, -0.2) is 18.6 Å². The van der Waals surface area contributed by atoms with Gasteiger partial charge in [-0.15, -0.1) is 0 Å². The van der Waals surface area contributed by atoms with Gasteiger partial charge in [0.25, 0.3) is 0 Å². The number of nitrogens with one attached hydrogen (secondary N) is 2. The van der Waals surface area contributed by atoms with Crippen LogP contribution in [0.2, 0.25) is 0 Å². The summed E-state index contributed by atoms with van der Waals surface area (Å²) in [4.78, 5) is 0. The number of halogens is 1. The lowest BCUT2D eigenvalue weighted by atomic mass is 9.98. The predicted molar refractivity (Wildman–Crippen MR) is 73.0 cm³/mol. The Morgan fingerprint density at radius 2 is 2.31 bits per heavy atom. The number of rotatable bonds is 3. The molecule has 0 spiro atoms. The van der Waals surface area contributed by atoms with E-state index in [0.29, 0.717) is 12.1 Å². The van der Waals surface area contributed by atoms with E-state index in [2.05, 4.69) is 58.6 Å². The zero-order chi connectivity index (χ0) is 11.5. The van der Waals surface area contributed by atoms with Crippen molar-refractivity contribution in [2.45, 2.75) is 38.8 Å². The van der Waals surface area contributed by atoms with Crippen molar-refractivity contribution in [2.75, 3.05) is 11.9 Å². The molecule has 1 aromatic carbocycles. The van der Waals surface area contributed by atoms with E-state index in [0.717, 1.165) is 6.54 Å². The van der Waals surface area contributed by atoms with Gasteiger partial charge in [-0.05, 0) is 40.4 Å². The molecule has 0 radical (unpaired) electrons. The van der Waals surface area contributed by atoms with Crippen LogP contribution >= 0.6 is 15.9 Å². The molecule has 16 heavy (non-hydrogen) atoms. The Kier molecular flexibility index (Phi) is 3.87. The smallest absolute Gasteiger partial charge is 0.0519 e. The summed E-state index contributed by atoms with van der Waals surface area (Å²) in [5, 5.41) is 7.10. The quantitative estimate of drug-likeness (QED) is 0.890. The Labute approximate surface area is 106 Å². The summed E-state index contributed by atoms with van der Waals surface area (Å²) in [6.45, 7) is 5.41. The summed E-state index contributed by atoms with van der Waals surface area (Å²) >= 11 is 3.61. The van der Waals surface area contributed by atoms with Crippen molar-refractivity contribution >= 4 is 21.6 Å². The Morgan fingerprint density at radius 1 is 1.50 bits per heavy atom.